The molecule has 0 radical (unpaired) electrons. The minimum atomic E-state index is -0.142. The zero-order chi connectivity index (χ0) is 17.2. The number of benzene rings is 1. The number of aromatic nitrogens is 2. The molecule has 3 heterocycles. The maximum absolute atomic E-state index is 11.3. The van der Waals surface area contributed by atoms with Crippen LogP contribution in [-0.2, 0) is 6.42 Å². The second-order valence-corrected chi connectivity index (χ2v) is 5.80. The Hall–Kier alpha value is -3.18. The molecule has 0 saturated carbocycles. The highest BCUT2D eigenvalue weighted by Gasteiger charge is 2.12. The highest BCUT2D eigenvalue weighted by atomic mass is 16.3. The van der Waals surface area contributed by atoms with Gasteiger partial charge in [-0.2, -0.15) is 0 Å². The van der Waals surface area contributed by atoms with E-state index in [0.717, 1.165) is 33.5 Å². The van der Waals surface area contributed by atoms with Gasteiger partial charge in [0.2, 0.25) is 5.56 Å². The summed E-state index contributed by atoms with van der Waals surface area (Å²) in [7, 11) is 0. The van der Waals surface area contributed by atoms with Crippen LogP contribution in [0.15, 0.2) is 70.1 Å². The van der Waals surface area contributed by atoms with Gasteiger partial charge in [0.25, 0.3) is 0 Å². The smallest absolute Gasteiger partial charge is 0.247 e. The fourth-order valence-electron chi connectivity index (χ4n) is 2.85. The van der Waals surface area contributed by atoms with Crippen LogP contribution in [0.25, 0.3) is 33.6 Å². The summed E-state index contributed by atoms with van der Waals surface area (Å²) >= 11 is 0. The average molecular weight is 332 g/mol. The summed E-state index contributed by atoms with van der Waals surface area (Å²) in [6.07, 6.45) is 4.04. The molecule has 0 bridgehead atoms. The number of fused-ring (bicyclic) bond motifs is 1. The van der Waals surface area contributed by atoms with E-state index in [1.165, 1.54) is 6.07 Å². The maximum Gasteiger partial charge on any atom is 0.247 e. The minimum absolute atomic E-state index is 0.135. The molecule has 0 fully saturated rings. The summed E-state index contributed by atoms with van der Waals surface area (Å²) in [5.41, 5.74) is 5.08. The highest BCUT2D eigenvalue weighted by molar-refractivity contribution is 5.92. The number of nitrogens with zero attached hydrogens (tertiary/aromatic N) is 1. The van der Waals surface area contributed by atoms with Gasteiger partial charge in [-0.15, -0.1) is 0 Å². The Morgan fingerprint density at radius 1 is 1.04 bits per heavy atom. The van der Waals surface area contributed by atoms with Crippen molar-refractivity contribution in [2.45, 2.75) is 6.42 Å². The summed E-state index contributed by atoms with van der Waals surface area (Å²) < 4.78 is 6.07. The van der Waals surface area contributed by atoms with Crippen molar-refractivity contribution in [1.29, 1.82) is 0 Å². The predicted octanol–water partition coefficient (Wildman–Crippen LogP) is 3.38. The van der Waals surface area contributed by atoms with Crippen molar-refractivity contribution in [2.75, 3.05) is 6.61 Å². The first kappa shape index (κ1) is 15.4. The molecule has 4 rings (SSSR count). The number of H-pyrrole nitrogens is 1. The fourth-order valence-corrected chi connectivity index (χ4v) is 2.85. The molecule has 3 aromatic heterocycles. The zero-order valence-electron chi connectivity index (χ0n) is 13.4. The van der Waals surface area contributed by atoms with E-state index in [-0.39, 0.29) is 12.2 Å². The lowest BCUT2D eigenvalue weighted by atomic mass is 10.1. The van der Waals surface area contributed by atoms with Crippen LogP contribution in [0.3, 0.4) is 0 Å². The van der Waals surface area contributed by atoms with Gasteiger partial charge in [0.05, 0.1) is 0 Å². The molecule has 0 spiro atoms. The number of aliphatic hydroxyl groups is 1. The third-order valence-electron chi connectivity index (χ3n) is 4.15. The minimum Gasteiger partial charge on any atom is -0.454 e. The second kappa shape index (κ2) is 6.37. The van der Waals surface area contributed by atoms with Gasteiger partial charge in [0.1, 0.15) is 11.3 Å². The molecular formula is C20H16N2O3. The lowest BCUT2D eigenvalue weighted by Crippen LogP contribution is -2.01. The average Bonchev–Trinajstić information content (AvgIpc) is 3.08. The Kier molecular flexibility index (Phi) is 3.91. The lowest BCUT2D eigenvalue weighted by Gasteiger charge is -2.02. The zero-order valence-corrected chi connectivity index (χ0v) is 13.4. The van der Waals surface area contributed by atoms with E-state index in [0.29, 0.717) is 12.0 Å². The Labute approximate surface area is 143 Å². The largest absolute Gasteiger partial charge is 0.454 e. The van der Waals surface area contributed by atoms with Crippen molar-refractivity contribution in [3.8, 4) is 22.5 Å². The highest BCUT2D eigenvalue weighted by Crippen LogP contribution is 2.33. The van der Waals surface area contributed by atoms with Gasteiger partial charge in [-0.3, -0.25) is 9.78 Å². The van der Waals surface area contributed by atoms with Crippen molar-refractivity contribution >= 4 is 11.1 Å². The molecule has 0 unspecified atom stereocenters. The lowest BCUT2D eigenvalue weighted by molar-refractivity contribution is 0.299. The Morgan fingerprint density at radius 3 is 2.56 bits per heavy atom. The van der Waals surface area contributed by atoms with Crippen molar-refractivity contribution < 1.29 is 9.52 Å². The van der Waals surface area contributed by atoms with Gasteiger partial charge in [-0.1, -0.05) is 24.3 Å². The van der Waals surface area contributed by atoms with Crippen LogP contribution < -0.4 is 5.56 Å². The van der Waals surface area contributed by atoms with E-state index in [1.807, 2.05) is 36.4 Å². The van der Waals surface area contributed by atoms with Crippen LogP contribution in [0.5, 0.6) is 0 Å². The van der Waals surface area contributed by atoms with Gasteiger partial charge < -0.3 is 14.5 Å². The van der Waals surface area contributed by atoms with Crippen LogP contribution in [0.1, 0.15) is 5.56 Å². The first-order chi connectivity index (χ1) is 12.2. The van der Waals surface area contributed by atoms with Crippen LogP contribution in [0, 0.1) is 0 Å². The molecule has 0 saturated heterocycles. The topological polar surface area (TPSA) is 79.1 Å². The summed E-state index contributed by atoms with van der Waals surface area (Å²) in [6.45, 7) is 0.135. The molecule has 1 aromatic carbocycles. The van der Waals surface area contributed by atoms with Gasteiger partial charge in [-0.05, 0) is 24.1 Å². The van der Waals surface area contributed by atoms with Crippen molar-refractivity contribution in [3.63, 3.8) is 0 Å². The number of nitrogens with one attached hydrogen (secondary N) is 1. The molecule has 0 aliphatic rings. The van der Waals surface area contributed by atoms with E-state index in [9.17, 15) is 4.79 Å². The predicted molar refractivity (Wildman–Crippen MR) is 96.3 cm³/mol. The molecule has 0 aliphatic heterocycles. The van der Waals surface area contributed by atoms with Crippen molar-refractivity contribution in [3.05, 3.63) is 76.8 Å². The molecule has 25 heavy (non-hydrogen) atoms. The molecule has 0 atom stereocenters. The quantitative estimate of drug-likeness (QED) is 0.600. The van der Waals surface area contributed by atoms with E-state index in [2.05, 4.69) is 9.97 Å². The number of aromatic amines is 1. The number of pyridine rings is 2. The van der Waals surface area contributed by atoms with Gasteiger partial charge in [0.15, 0.2) is 5.58 Å². The molecule has 5 heteroatoms. The number of aliphatic hydroxyl groups excluding tert-OH is 1. The number of hydrogen-bond acceptors (Lipinski definition) is 4. The van der Waals surface area contributed by atoms with Gasteiger partial charge >= 0.3 is 0 Å². The molecule has 0 aliphatic carbocycles. The third-order valence-corrected chi connectivity index (χ3v) is 4.15. The van der Waals surface area contributed by atoms with Crippen molar-refractivity contribution in [2.24, 2.45) is 0 Å². The van der Waals surface area contributed by atoms with E-state index in [4.69, 9.17) is 9.52 Å². The first-order valence-electron chi connectivity index (χ1n) is 8.02. The molecule has 5 nitrogen and oxygen atoms in total. The third kappa shape index (κ3) is 2.97. The molecule has 2 N–H and O–H groups in total. The molecule has 4 aromatic rings. The molecule has 0 amide bonds. The Morgan fingerprint density at radius 2 is 1.84 bits per heavy atom. The van der Waals surface area contributed by atoms with E-state index >= 15 is 0 Å². The fraction of sp³-hybridized carbons (Fsp3) is 0.100. The second-order valence-electron chi connectivity index (χ2n) is 5.80. The standard InChI is InChI=1S/C20H16N2O3/c23-10-8-13-1-3-14(4-2-13)18-11-17-20(25-18)16(7-9-21-17)15-5-6-19(24)22-12-15/h1-7,9,11-12,23H,8,10H2,(H,22,24). The van der Waals surface area contributed by atoms with Crippen LogP contribution in [-0.4, -0.2) is 21.7 Å². The van der Waals surface area contributed by atoms with Gasteiger partial charge in [0, 0.05) is 47.8 Å². The SMILES string of the molecule is O=c1ccc(-c2ccnc3cc(-c4ccc(CCO)cc4)oc23)c[nH]1. The van der Waals surface area contributed by atoms with E-state index in [1.54, 1.807) is 18.5 Å². The number of hydrogen-bond donors (Lipinski definition) is 2. The summed E-state index contributed by atoms with van der Waals surface area (Å²) in [6, 6.07) is 14.9. The summed E-state index contributed by atoms with van der Waals surface area (Å²) in [5, 5.41) is 9.01. The van der Waals surface area contributed by atoms with Gasteiger partial charge in [-0.25, -0.2) is 0 Å². The Bertz CT molecular complexity index is 1060. The molecular weight excluding hydrogens is 316 g/mol. The normalized spacial score (nSPS) is 11.1. The van der Waals surface area contributed by atoms with Crippen LogP contribution in [0.2, 0.25) is 0 Å². The van der Waals surface area contributed by atoms with E-state index < -0.39 is 0 Å². The first-order valence-corrected chi connectivity index (χ1v) is 8.02. The Balaban J connectivity index is 1.79. The molecule has 124 valence electrons. The number of rotatable bonds is 4. The number of furan rings is 1. The summed E-state index contributed by atoms with van der Waals surface area (Å²) in [5.74, 6) is 0.731. The van der Waals surface area contributed by atoms with Crippen LogP contribution >= 0.6 is 0 Å². The maximum atomic E-state index is 11.3. The van der Waals surface area contributed by atoms with Crippen molar-refractivity contribution in [1.82, 2.24) is 9.97 Å². The summed E-state index contributed by atoms with van der Waals surface area (Å²) in [4.78, 5) is 18.3. The monoisotopic (exact) mass is 332 g/mol. The van der Waals surface area contributed by atoms with Crippen LogP contribution in [0.4, 0.5) is 0 Å².